The maximum absolute atomic E-state index is 12.2. The summed E-state index contributed by atoms with van der Waals surface area (Å²) in [6, 6.07) is 0. The highest BCUT2D eigenvalue weighted by Crippen LogP contribution is 2.55. The van der Waals surface area contributed by atoms with Crippen molar-refractivity contribution < 1.29 is 13.9 Å². The Morgan fingerprint density at radius 1 is 1.21 bits per heavy atom. The largest absolute Gasteiger partial charge is 0.384 e. The van der Waals surface area contributed by atoms with Crippen LogP contribution in [0.5, 0.6) is 0 Å². The Bertz CT molecular complexity index is 194. The van der Waals surface area contributed by atoms with E-state index in [4.69, 9.17) is 0 Å². The number of aliphatic hydroxyl groups is 1. The van der Waals surface area contributed by atoms with Gasteiger partial charge in [0.25, 0.3) is 6.43 Å². The van der Waals surface area contributed by atoms with E-state index in [0.29, 0.717) is 0 Å². The second-order valence-corrected chi connectivity index (χ2v) is 4.43. The molecular formula is C10H19F2NO. The van der Waals surface area contributed by atoms with Gasteiger partial charge in [-0.05, 0) is 19.9 Å². The molecule has 1 saturated carbocycles. The lowest BCUT2D eigenvalue weighted by molar-refractivity contribution is -0.236. The molecule has 1 aliphatic heterocycles. The number of likely N-dealkylation sites (tertiary alicyclic amines) is 1. The fraction of sp³-hybridized carbons (Fsp3) is 1.00. The Kier molecular flexibility index (Phi) is 3.17. The second kappa shape index (κ2) is 3.74. The first-order valence-electron chi connectivity index (χ1n) is 5.15. The summed E-state index contributed by atoms with van der Waals surface area (Å²) < 4.78 is 24.4. The smallest absolute Gasteiger partial charge is 0.266 e. The summed E-state index contributed by atoms with van der Waals surface area (Å²) in [5.41, 5.74) is -1.64. The van der Waals surface area contributed by atoms with Crippen LogP contribution in [0.1, 0.15) is 26.7 Å². The molecule has 1 N–H and O–H groups in total. The van der Waals surface area contributed by atoms with Gasteiger partial charge in [0, 0.05) is 18.5 Å². The van der Waals surface area contributed by atoms with E-state index in [1.54, 1.807) is 0 Å². The summed E-state index contributed by atoms with van der Waals surface area (Å²) in [6.07, 6.45) is -2.02. The minimum Gasteiger partial charge on any atom is -0.384 e. The standard InChI is InChI=1S/C8H13F2NO.C2H6/c1-11-4-7(5-11)2-8(12,3-7)6(9)10;1-2/h6,12H,2-5H2,1H3;1-2H3. The Labute approximate surface area is 83.9 Å². The first-order chi connectivity index (χ1) is 6.46. The zero-order valence-electron chi connectivity index (χ0n) is 9.06. The molecule has 2 aliphatic rings. The highest BCUT2D eigenvalue weighted by molar-refractivity contribution is 5.11. The Morgan fingerprint density at radius 2 is 1.64 bits per heavy atom. The molecule has 2 rings (SSSR count). The van der Waals surface area contributed by atoms with Crippen LogP contribution >= 0.6 is 0 Å². The number of rotatable bonds is 1. The second-order valence-electron chi connectivity index (χ2n) is 4.43. The van der Waals surface area contributed by atoms with E-state index in [2.05, 4.69) is 4.90 Å². The molecular weight excluding hydrogens is 188 g/mol. The fourth-order valence-electron chi connectivity index (χ4n) is 2.72. The van der Waals surface area contributed by atoms with Crippen LogP contribution in [0.2, 0.25) is 0 Å². The Hall–Kier alpha value is -0.220. The summed E-state index contributed by atoms with van der Waals surface area (Å²) in [4.78, 5) is 2.09. The van der Waals surface area contributed by atoms with Gasteiger partial charge in [0.2, 0.25) is 0 Å². The highest BCUT2D eigenvalue weighted by Gasteiger charge is 2.62. The van der Waals surface area contributed by atoms with Crippen LogP contribution in [0.15, 0.2) is 0 Å². The number of hydrogen-bond acceptors (Lipinski definition) is 2. The normalized spacial score (nSPS) is 27.6. The molecule has 0 aromatic rings. The molecule has 4 heteroatoms. The molecule has 1 saturated heterocycles. The quantitative estimate of drug-likeness (QED) is 0.708. The molecule has 0 atom stereocenters. The van der Waals surface area contributed by atoms with Crippen molar-refractivity contribution in [2.45, 2.75) is 38.7 Å². The average Bonchev–Trinajstić information content (AvgIpc) is 2.02. The van der Waals surface area contributed by atoms with Crippen LogP contribution in [-0.4, -0.2) is 42.2 Å². The fourth-order valence-corrected chi connectivity index (χ4v) is 2.72. The molecule has 14 heavy (non-hydrogen) atoms. The molecule has 2 nitrogen and oxygen atoms in total. The van der Waals surface area contributed by atoms with Gasteiger partial charge in [-0.15, -0.1) is 0 Å². The van der Waals surface area contributed by atoms with Gasteiger partial charge in [0.05, 0.1) is 0 Å². The molecule has 1 aliphatic carbocycles. The predicted molar refractivity (Wildman–Crippen MR) is 51.5 cm³/mol. The first kappa shape index (κ1) is 11.9. The highest BCUT2D eigenvalue weighted by atomic mass is 19.3. The molecule has 0 unspecified atom stereocenters. The topological polar surface area (TPSA) is 23.5 Å². The van der Waals surface area contributed by atoms with E-state index < -0.39 is 12.0 Å². The molecule has 0 bridgehead atoms. The molecule has 0 aromatic carbocycles. The number of halogens is 2. The van der Waals surface area contributed by atoms with Crippen LogP contribution in [0.4, 0.5) is 8.78 Å². The van der Waals surface area contributed by atoms with Crippen LogP contribution < -0.4 is 0 Å². The minimum atomic E-state index is -2.57. The third-order valence-corrected chi connectivity index (χ3v) is 2.98. The SMILES string of the molecule is CC.CN1CC2(C1)CC(O)(C(F)F)C2. The zero-order valence-corrected chi connectivity index (χ0v) is 9.06. The van der Waals surface area contributed by atoms with Crippen molar-refractivity contribution in [3.8, 4) is 0 Å². The molecule has 84 valence electrons. The van der Waals surface area contributed by atoms with Crippen LogP contribution in [-0.2, 0) is 0 Å². The molecule has 0 radical (unpaired) electrons. The van der Waals surface area contributed by atoms with Gasteiger partial charge in [-0.1, -0.05) is 13.8 Å². The number of alkyl halides is 2. The average molecular weight is 207 g/mol. The summed E-state index contributed by atoms with van der Waals surface area (Å²) in [6.45, 7) is 5.73. The monoisotopic (exact) mass is 207 g/mol. The number of nitrogens with zero attached hydrogens (tertiary/aromatic N) is 1. The van der Waals surface area contributed by atoms with Crippen molar-refractivity contribution in [3.63, 3.8) is 0 Å². The molecule has 0 amide bonds. The van der Waals surface area contributed by atoms with Crippen molar-refractivity contribution in [1.29, 1.82) is 0 Å². The van der Waals surface area contributed by atoms with Crippen LogP contribution in [0, 0.1) is 5.41 Å². The zero-order chi connectivity index (χ0) is 11.0. The van der Waals surface area contributed by atoms with Crippen molar-refractivity contribution in [1.82, 2.24) is 4.90 Å². The first-order valence-corrected chi connectivity index (χ1v) is 5.15. The maximum atomic E-state index is 12.2. The molecule has 2 fully saturated rings. The van der Waals surface area contributed by atoms with E-state index in [0.717, 1.165) is 13.1 Å². The summed E-state index contributed by atoms with van der Waals surface area (Å²) >= 11 is 0. The van der Waals surface area contributed by atoms with Gasteiger partial charge >= 0.3 is 0 Å². The van der Waals surface area contributed by atoms with Crippen LogP contribution in [0.25, 0.3) is 0 Å². The lowest BCUT2D eigenvalue weighted by atomic mass is 9.55. The lowest BCUT2D eigenvalue weighted by Crippen LogP contribution is -2.68. The lowest BCUT2D eigenvalue weighted by Gasteiger charge is -2.61. The molecule has 0 aromatic heterocycles. The van der Waals surface area contributed by atoms with Gasteiger partial charge in [0.15, 0.2) is 0 Å². The van der Waals surface area contributed by atoms with Gasteiger partial charge < -0.3 is 10.0 Å². The predicted octanol–water partition coefficient (Wildman–Crippen LogP) is 1.73. The maximum Gasteiger partial charge on any atom is 0.266 e. The third kappa shape index (κ3) is 1.77. The van der Waals surface area contributed by atoms with Gasteiger partial charge in [0.1, 0.15) is 5.60 Å². The van der Waals surface area contributed by atoms with Crippen molar-refractivity contribution in [2.24, 2.45) is 5.41 Å². The van der Waals surface area contributed by atoms with E-state index in [-0.39, 0.29) is 18.3 Å². The third-order valence-electron chi connectivity index (χ3n) is 2.98. The summed E-state index contributed by atoms with van der Waals surface area (Å²) in [5.74, 6) is 0. The minimum absolute atomic E-state index is 0.0277. The van der Waals surface area contributed by atoms with Crippen molar-refractivity contribution in [2.75, 3.05) is 20.1 Å². The van der Waals surface area contributed by atoms with Gasteiger partial charge in [-0.25, -0.2) is 8.78 Å². The Morgan fingerprint density at radius 3 is 1.93 bits per heavy atom. The van der Waals surface area contributed by atoms with Crippen molar-refractivity contribution >= 4 is 0 Å². The summed E-state index contributed by atoms with van der Waals surface area (Å²) in [7, 11) is 1.96. The molecule has 1 heterocycles. The Balaban J connectivity index is 0.000000461. The van der Waals surface area contributed by atoms with Gasteiger partial charge in [-0.3, -0.25) is 0 Å². The van der Waals surface area contributed by atoms with Gasteiger partial charge in [-0.2, -0.15) is 0 Å². The van der Waals surface area contributed by atoms with E-state index >= 15 is 0 Å². The van der Waals surface area contributed by atoms with Crippen LogP contribution in [0.3, 0.4) is 0 Å². The van der Waals surface area contributed by atoms with Crippen molar-refractivity contribution in [3.05, 3.63) is 0 Å². The van der Waals surface area contributed by atoms with E-state index in [9.17, 15) is 13.9 Å². The molecule has 1 spiro atoms. The number of hydrogen-bond donors (Lipinski definition) is 1. The van der Waals surface area contributed by atoms with E-state index in [1.165, 1.54) is 0 Å². The summed E-state index contributed by atoms with van der Waals surface area (Å²) in [5, 5.41) is 9.31. The van der Waals surface area contributed by atoms with E-state index in [1.807, 2.05) is 20.9 Å².